The monoisotopic (exact) mass is 346 g/mol. The van der Waals surface area contributed by atoms with E-state index in [1.54, 1.807) is 12.1 Å². The summed E-state index contributed by atoms with van der Waals surface area (Å²) in [6, 6.07) is 6.97. The van der Waals surface area contributed by atoms with Gasteiger partial charge in [-0.2, -0.15) is 0 Å². The van der Waals surface area contributed by atoms with Crippen molar-refractivity contribution in [3.05, 3.63) is 28.7 Å². The van der Waals surface area contributed by atoms with Crippen LogP contribution in [0.4, 0.5) is 5.69 Å². The second-order valence-corrected chi connectivity index (χ2v) is 7.67. The van der Waals surface area contributed by atoms with Crippen LogP contribution in [-0.2, 0) is 14.6 Å². The van der Waals surface area contributed by atoms with Gasteiger partial charge in [0.05, 0.1) is 11.5 Å². The summed E-state index contributed by atoms with van der Waals surface area (Å²) in [5.41, 5.74) is 0.693. The molecule has 1 unspecified atom stereocenters. The molecule has 1 aromatic carbocycles. The van der Waals surface area contributed by atoms with Crippen LogP contribution in [0.3, 0.4) is 0 Å². The number of amides is 1. The summed E-state index contributed by atoms with van der Waals surface area (Å²) >= 11 is 3.32. The number of halogens is 1. The number of rotatable bonds is 3. The number of hydrogen-bond donors (Lipinski definition) is 2. The fourth-order valence-electron chi connectivity index (χ4n) is 2.00. The third-order valence-electron chi connectivity index (χ3n) is 2.84. The predicted octanol–water partition coefficient (Wildman–Crippen LogP) is 1.16. The van der Waals surface area contributed by atoms with Gasteiger partial charge in [0, 0.05) is 29.2 Å². The van der Waals surface area contributed by atoms with Crippen molar-refractivity contribution in [2.45, 2.75) is 12.5 Å². The molecular weight excluding hydrogens is 332 g/mol. The van der Waals surface area contributed by atoms with Crippen molar-refractivity contribution in [3.63, 3.8) is 0 Å². The first-order valence-corrected chi connectivity index (χ1v) is 8.55. The van der Waals surface area contributed by atoms with E-state index in [4.69, 9.17) is 0 Å². The summed E-state index contributed by atoms with van der Waals surface area (Å²) < 4.78 is 23.8. The van der Waals surface area contributed by atoms with Gasteiger partial charge in [-0.15, -0.1) is 0 Å². The van der Waals surface area contributed by atoms with Crippen molar-refractivity contribution < 1.29 is 13.2 Å². The van der Waals surface area contributed by atoms with Gasteiger partial charge in [0.2, 0.25) is 5.91 Å². The van der Waals surface area contributed by atoms with Gasteiger partial charge in [-0.1, -0.05) is 22.0 Å². The molecule has 1 atom stereocenters. The Balaban J connectivity index is 1.91. The predicted molar refractivity (Wildman–Crippen MR) is 77.8 cm³/mol. The molecule has 19 heavy (non-hydrogen) atoms. The second kappa shape index (κ2) is 6.02. The van der Waals surface area contributed by atoms with Gasteiger partial charge in [0.15, 0.2) is 9.84 Å². The molecule has 0 aliphatic carbocycles. The quantitative estimate of drug-likeness (QED) is 0.861. The van der Waals surface area contributed by atoms with Crippen LogP contribution in [0.1, 0.15) is 6.42 Å². The topological polar surface area (TPSA) is 75.3 Å². The Kier molecular flexibility index (Phi) is 4.59. The van der Waals surface area contributed by atoms with E-state index in [0.29, 0.717) is 12.2 Å². The van der Waals surface area contributed by atoms with Crippen LogP contribution in [-0.4, -0.2) is 38.4 Å². The molecule has 2 rings (SSSR count). The van der Waals surface area contributed by atoms with Crippen molar-refractivity contribution >= 4 is 37.4 Å². The molecule has 0 saturated carbocycles. The average Bonchev–Trinajstić information content (AvgIpc) is 2.27. The van der Waals surface area contributed by atoms with Crippen molar-refractivity contribution in [2.75, 3.05) is 23.4 Å². The van der Waals surface area contributed by atoms with Crippen LogP contribution in [0.15, 0.2) is 28.7 Å². The summed E-state index contributed by atoms with van der Waals surface area (Å²) in [6.45, 7) is 0.414. The Morgan fingerprint density at radius 2 is 2.26 bits per heavy atom. The lowest BCUT2D eigenvalue weighted by atomic mass is 10.2. The van der Waals surface area contributed by atoms with Crippen LogP contribution in [0.2, 0.25) is 0 Å². The van der Waals surface area contributed by atoms with Gasteiger partial charge in [-0.25, -0.2) is 8.42 Å². The summed E-state index contributed by atoms with van der Waals surface area (Å²) in [5, 5.41) is 5.81. The molecule has 1 aliphatic rings. The standard InChI is InChI=1S/C12H15BrN2O3S/c13-9-2-1-3-10(6-9)15-12(16)7-11-8-19(17,18)5-4-14-11/h1-3,6,11,14H,4-5,7-8H2,(H,15,16). The van der Waals surface area contributed by atoms with Gasteiger partial charge in [0.25, 0.3) is 0 Å². The number of carbonyl (C=O) groups is 1. The molecule has 7 heteroatoms. The van der Waals surface area contributed by atoms with Crippen LogP contribution >= 0.6 is 15.9 Å². The molecule has 2 N–H and O–H groups in total. The minimum Gasteiger partial charge on any atom is -0.326 e. The molecule has 1 saturated heterocycles. The van der Waals surface area contributed by atoms with Crippen LogP contribution < -0.4 is 10.6 Å². The molecule has 5 nitrogen and oxygen atoms in total. The lowest BCUT2D eigenvalue weighted by Crippen LogP contribution is -2.46. The first-order valence-electron chi connectivity index (χ1n) is 5.94. The number of hydrogen-bond acceptors (Lipinski definition) is 4. The highest BCUT2D eigenvalue weighted by atomic mass is 79.9. The van der Waals surface area contributed by atoms with Gasteiger partial charge < -0.3 is 10.6 Å². The third kappa shape index (κ3) is 4.59. The Morgan fingerprint density at radius 1 is 1.47 bits per heavy atom. The smallest absolute Gasteiger partial charge is 0.225 e. The maximum absolute atomic E-state index is 11.8. The summed E-state index contributed by atoms with van der Waals surface area (Å²) in [4.78, 5) is 11.8. The molecular formula is C12H15BrN2O3S. The zero-order chi connectivity index (χ0) is 13.9. The summed E-state index contributed by atoms with van der Waals surface area (Å²) in [7, 11) is -3.01. The zero-order valence-corrected chi connectivity index (χ0v) is 12.6. The molecule has 1 amide bonds. The zero-order valence-electron chi connectivity index (χ0n) is 10.2. The molecule has 0 aromatic heterocycles. The van der Waals surface area contributed by atoms with Crippen LogP contribution in [0.5, 0.6) is 0 Å². The normalized spacial score (nSPS) is 21.8. The van der Waals surface area contributed by atoms with Crippen LogP contribution in [0, 0.1) is 0 Å². The molecule has 1 fully saturated rings. The van der Waals surface area contributed by atoms with Crippen molar-refractivity contribution in [2.24, 2.45) is 0 Å². The largest absolute Gasteiger partial charge is 0.326 e. The van der Waals surface area contributed by atoms with E-state index in [1.807, 2.05) is 12.1 Å². The van der Waals surface area contributed by atoms with E-state index < -0.39 is 9.84 Å². The van der Waals surface area contributed by atoms with E-state index in [2.05, 4.69) is 26.6 Å². The molecule has 1 heterocycles. The van der Waals surface area contributed by atoms with E-state index in [1.165, 1.54) is 0 Å². The fourth-order valence-corrected chi connectivity index (χ4v) is 3.84. The highest BCUT2D eigenvalue weighted by Crippen LogP contribution is 2.16. The molecule has 0 bridgehead atoms. The first kappa shape index (κ1) is 14.5. The number of nitrogens with one attached hydrogen (secondary N) is 2. The van der Waals surface area contributed by atoms with E-state index >= 15 is 0 Å². The summed E-state index contributed by atoms with van der Waals surface area (Å²) in [6.07, 6.45) is 0.158. The van der Waals surface area contributed by atoms with Crippen molar-refractivity contribution in [1.82, 2.24) is 5.32 Å². The highest BCUT2D eigenvalue weighted by Gasteiger charge is 2.25. The molecule has 0 radical (unpaired) electrons. The lowest BCUT2D eigenvalue weighted by molar-refractivity contribution is -0.116. The van der Waals surface area contributed by atoms with Crippen molar-refractivity contribution in [3.8, 4) is 0 Å². The van der Waals surface area contributed by atoms with Crippen molar-refractivity contribution in [1.29, 1.82) is 0 Å². The SMILES string of the molecule is O=C(CC1CS(=O)(=O)CCN1)Nc1cccc(Br)c1. The van der Waals surface area contributed by atoms with Gasteiger partial charge >= 0.3 is 0 Å². The van der Waals surface area contributed by atoms with Gasteiger partial charge in [0.1, 0.15) is 0 Å². The number of carbonyl (C=O) groups excluding carboxylic acids is 1. The molecule has 0 spiro atoms. The Hall–Kier alpha value is -0.920. The molecule has 104 valence electrons. The first-order chi connectivity index (χ1) is 8.94. The van der Waals surface area contributed by atoms with Gasteiger partial charge in [-0.3, -0.25) is 4.79 Å². The number of sulfone groups is 1. The Morgan fingerprint density at radius 3 is 2.95 bits per heavy atom. The average molecular weight is 347 g/mol. The maximum atomic E-state index is 11.8. The molecule has 1 aromatic rings. The summed E-state index contributed by atoms with van der Waals surface area (Å²) in [5.74, 6) is -0.0111. The Labute approximate surface area is 120 Å². The van der Waals surface area contributed by atoms with E-state index in [9.17, 15) is 13.2 Å². The minimum absolute atomic E-state index is 0.0267. The van der Waals surface area contributed by atoms with E-state index in [-0.39, 0.29) is 29.9 Å². The van der Waals surface area contributed by atoms with Gasteiger partial charge in [-0.05, 0) is 18.2 Å². The second-order valence-electron chi connectivity index (χ2n) is 4.53. The van der Waals surface area contributed by atoms with E-state index in [0.717, 1.165) is 4.47 Å². The Bertz CT molecular complexity index is 574. The molecule has 1 aliphatic heterocycles. The van der Waals surface area contributed by atoms with Crippen LogP contribution in [0.25, 0.3) is 0 Å². The lowest BCUT2D eigenvalue weighted by Gasteiger charge is -2.23. The fraction of sp³-hybridized carbons (Fsp3) is 0.417. The number of anilines is 1. The number of benzene rings is 1. The third-order valence-corrected chi connectivity index (χ3v) is 5.07. The minimum atomic E-state index is -3.01. The highest BCUT2D eigenvalue weighted by molar-refractivity contribution is 9.10. The maximum Gasteiger partial charge on any atom is 0.225 e.